The highest BCUT2D eigenvalue weighted by Crippen LogP contribution is 2.46. The van der Waals surface area contributed by atoms with Crippen LogP contribution in [0.4, 0.5) is 17.1 Å². The van der Waals surface area contributed by atoms with E-state index in [0.717, 1.165) is 94.3 Å². The maximum Gasteiger partial charge on any atom is 0.227 e. The summed E-state index contributed by atoms with van der Waals surface area (Å²) >= 11 is 0. The van der Waals surface area contributed by atoms with Crippen molar-refractivity contribution in [3.8, 4) is 17.1 Å². The summed E-state index contributed by atoms with van der Waals surface area (Å²) in [7, 11) is 0. The standard InChI is InChI=1S/C49H29N3O3/c1-3-12-30(13-4-1)49-50-47-44(55-49)27-26-43-46(47)38-25-23-33(29-45(38)53-43)51(40-20-11-18-37-36-17-8-10-21-42(36)54-48(37)40)32-22-24-35-34-16-7-9-19-39(34)52(41(35)28-32)31-14-5-2-6-15-31/h1-29H. The Morgan fingerprint density at radius 2 is 1.13 bits per heavy atom. The topological polar surface area (TPSA) is 60.5 Å². The zero-order valence-electron chi connectivity index (χ0n) is 29.3. The Bertz CT molecular complexity index is 3440. The summed E-state index contributed by atoms with van der Waals surface area (Å²) in [6, 6.07) is 60.8. The molecular weight excluding hydrogens is 679 g/mol. The van der Waals surface area contributed by atoms with Crippen LogP contribution >= 0.6 is 0 Å². The summed E-state index contributed by atoms with van der Waals surface area (Å²) in [5.74, 6) is 0.586. The predicted molar refractivity (Wildman–Crippen MR) is 223 cm³/mol. The maximum absolute atomic E-state index is 6.67. The van der Waals surface area contributed by atoms with E-state index in [1.54, 1.807) is 0 Å². The first-order chi connectivity index (χ1) is 27.3. The second-order valence-electron chi connectivity index (χ2n) is 13.9. The number of benzene rings is 8. The van der Waals surface area contributed by atoms with Crippen LogP contribution in [0.25, 0.3) is 93.9 Å². The smallest absolute Gasteiger partial charge is 0.227 e. The van der Waals surface area contributed by atoms with Crippen molar-refractivity contribution in [1.82, 2.24) is 9.55 Å². The Labute approximate surface area is 313 Å². The number of oxazole rings is 1. The first-order valence-corrected chi connectivity index (χ1v) is 18.4. The molecule has 12 aromatic rings. The molecule has 0 radical (unpaired) electrons. The van der Waals surface area contributed by atoms with E-state index in [1.807, 2.05) is 54.6 Å². The van der Waals surface area contributed by atoms with Crippen molar-refractivity contribution in [2.45, 2.75) is 0 Å². The number of para-hydroxylation sites is 4. The summed E-state index contributed by atoms with van der Waals surface area (Å²) < 4.78 is 21.9. The third kappa shape index (κ3) is 4.46. The van der Waals surface area contributed by atoms with Gasteiger partial charge in [-0.3, -0.25) is 0 Å². The van der Waals surface area contributed by atoms with Gasteiger partial charge in [0.15, 0.2) is 11.2 Å². The number of fused-ring (bicyclic) bond motifs is 11. The van der Waals surface area contributed by atoms with Crippen molar-refractivity contribution in [3.63, 3.8) is 0 Å². The fourth-order valence-electron chi connectivity index (χ4n) is 8.37. The number of hydrogen-bond acceptors (Lipinski definition) is 5. The first-order valence-electron chi connectivity index (χ1n) is 18.4. The summed E-state index contributed by atoms with van der Waals surface area (Å²) in [4.78, 5) is 7.25. The van der Waals surface area contributed by atoms with Crippen LogP contribution in [-0.4, -0.2) is 9.55 Å². The van der Waals surface area contributed by atoms with E-state index in [0.29, 0.717) is 5.89 Å². The molecule has 6 nitrogen and oxygen atoms in total. The third-order valence-electron chi connectivity index (χ3n) is 10.8. The second kappa shape index (κ2) is 11.5. The second-order valence-corrected chi connectivity index (χ2v) is 13.9. The SMILES string of the molecule is c1ccc(-c2nc3c(ccc4oc5cc(N(c6ccc7c8ccccc8n(-c8ccccc8)c7c6)c6cccc7c6oc6ccccc67)ccc5c43)o2)cc1. The minimum absolute atomic E-state index is 0.586. The molecule has 0 N–H and O–H groups in total. The fraction of sp³-hybridized carbons (Fsp3) is 0. The van der Waals surface area contributed by atoms with Gasteiger partial charge in [-0.15, -0.1) is 0 Å². The van der Waals surface area contributed by atoms with Gasteiger partial charge in [-0.05, 0) is 78.9 Å². The summed E-state index contributed by atoms with van der Waals surface area (Å²) in [6.07, 6.45) is 0. The van der Waals surface area contributed by atoms with Crippen molar-refractivity contribution >= 4 is 93.8 Å². The van der Waals surface area contributed by atoms with Gasteiger partial charge >= 0.3 is 0 Å². The molecule has 0 saturated carbocycles. The molecule has 12 rings (SSSR count). The van der Waals surface area contributed by atoms with Crippen LogP contribution < -0.4 is 4.90 Å². The molecule has 8 aromatic carbocycles. The maximum atomic E-state index is 6.67. The minimum atomic E-state index is 0.586. The van der Waals surface area contributed by atoms with Crippen LogP contribution in [0.2, 0.25) is 0 Å². The quantitative estimate of drug-likeness (QED) is 0.178. The average Bonchev–Trinajstić information content (AvgIpc) is 4.02. The highest BCUT2D eigenvalue weighted by Gasteiger charge is 2.23. The molecule has 0 spiro atoms. The van der Waals surface area contributed by atoms with Crippen molar-refractivity contribution in [3.05, 3.63) is 176 Å². The fourth-order valence-corrected chi connectivity index (χ4v) is 8.37. The van der Waals surface area contributed by atoms with Crippen LogP contribution in [0.5, 0.6) is 0 Å². The van der Waals surface area contributed by atoms with E-state index >= 15 is 0 Å². The van der Waals surface area contributed by atoms with Gasteiger partial charge in [0.1, 0.15) is 22.3 Å². The Kier molecular flexibility index (Phi) is 6.24. The largest absolute Gasteiger partial charge is 0.456 e. The number of hydrogen-bond donors (Lipinski definition) is 0. The van der Waals surface area contributed by atoms with Gasteiger partial charge in [-0.2, -0.15) is 0 Å². The lowest BCUT2D eigenvalue weighted by Crippen LogP contribution is -2.10. The lowest BCUT2D eigenvalue weighted by atomic mass is 10.1. The summed E-state index contributed by atoms with van der Waals surface area (Å²) in [5, 5.41) is 6.44. The zero-order chi connectivity index (χ0) is 36.0. The van der Waals surface area contributed by atoms with Gasteiger partial charge in [-0.25, -0.2) is 4.98 Å². The Morgan fingerprint density at radius 1 is 0.436 bits per heavy atom. The van der Waals surface area contributed by atoms with Crippen molar-refractivity contribution in [1.29, 1.82) is 0 Å². The van der Waals surface area contributed by atoms with E-state index in [2.05, 4.69) is 131 Å². The molecule has 0 aliphatic heterocycles. The van der Waals surface area contributed by atoms with Crippen LogP contribution in [0, 0.1) is 0 Å². The number of furan rings is 2. The summed E-state index contributed by atoms with van der Waals surface area (Å²) in [5.41, 5.74) is 11.8. The number of aromatic nitrogens is 2. The molecule has 0 fully saturated rings. The van der Waals surface area contributed by atoms with E-state index in [-0.39, 0.29) is 0 Å². The molecule has 6 heteroatoms. The molecule has 0 atom stereocenters. The minimum Gasteiger partial charge on any atom is -0.456 e. The van der Waals surface area contributed by atoms with Gasteiger partial charge in [0.05, 0.1) is 27.8 Å². The summed E-state index contributed by atoms with van der Waals surface area (Å²) in [6.45, 7) is 0. The first kappa shape index (κ1) is 29.9. The van der Waals surface area contributed by atoms with Crippen LogP contribution in [-0.2, 0) is 0 Å². The number of anilines is 3. The molecule has 4 heterocycles. The molecule has 0 bridgehead atoms. The van der Waals surface area contributed by atoms with Gasteiger partial charge in [0, 0.05) is 49.9 Å². The molecule has 258 valence electrons. The Morgan fingerprint density at radius 3 is 2.00 bits per heavy atom. The van der Waals surface area contributed by atoms with E-state index in [1.165, 1.54) is 10.8 Å². The van der Waals surface area contributed by atoms with Crippen molar-refractivity contribution in [2.75, 3.05) is 4.90 Å². The number of rotatable bonds is 5. The van der Waals surface area contributed by atoms with Crippen LogP contribution in [0.3, 0.4) is 0 Å². The monoisotopic (exact) mass is 707 g/mol. The van der Waals surface area contributed by atoms with Crippen molar-refractivity contribution in [2.24, 2.45) is 0 Å². The van der Waals surface area contributed by atoms with Crippen LogP contribution in [0.1, 0.15) is 0 Å². The lowest BCUT2D eigenvalue weighted by Gasteiger charge is -2.26. The van der Waals surface area contributed by atoms with Gasteiger partial charge in [-0.1, -0.05) is 91.0 Å². The van der Waals surface area contributed by atoms with Gasteiger partial charge < -0.3 is 22.7 Å². The molecule has 0 amide bonds. The van der Waals surface area contributed by atoms with E-state index in [4.69, 9.17) is 18.2 Å². The average molecular weight is 708 g/mol. The lowest BCUT2D eigenvalue weighted by molar-refractivity contribution is 0.619. The highest BCUT2D eigenvalue weighted by atomic mass is 16.4. The van der Waals surface area contributed by atoms with Gasteiger partial charge in [0.2, 0.25) is 5.89 Å². The predicted octanol–water partition coefficient (Wildman–Crippen LogP) is 13.9. The normalized spacial score (nSPS) is 12.0. The van der Waals surface area contributed by atoms with Gasteiger partial charge in [0.25, 0.3) is 0 Å². The van der Waals surface area contributed by atoms with E-state index < -0.39 is 0 Å². The van der Waals surface area contributed by atoms with E-state index in [9.17, 15) is 0 Å². The molecule has 0 aliphatic rings. The van der Waals surface area contributed by atoms with Crippen LogP contribution in [0.15, 0.2) is 189 Å². The molecule has 0 saturated heterocycles. The third-order valence-corrected chi connectivity index (χ3v) is 10.8. The highest BCUT2D eigenvalue weighted by molar-refractivity contribution is 6.18. The molecule has 0 aliphatic carbocycles. The Hall–Kier alpha value is -7.57. The van der Waals surface area contributed by atoms with Crippen molar-refractivity contribution < 1.29 is 13.3 Å². The Balaban J connectivity index is 1.11. The molecule has 4 aromatic heterocycles. The molecular formula is C49H29N3O3. The molecule has 55 heavy (non-hydrogen) atoms. The zero-order valence-corrected chi connectivity index (χ0v) is 29.3. The molecule has 0 unspecified atom stereocenters. The number of nitrogens with zero attached hydrogens (tertiary/aromatic N) is 3.